The van der Waals surface area contributed by atoms with Crippen LogP contribution in [0.25, 0.3) is 16.6 Å². The summed E-state index contributed by atoms with van der Waals surface area (Å²) >= 11 is 1.66. The van der Waals surface area contributed by atoms with Crippen molar-refractivity contribution in [1.82, 2.24) is 14.1 Å². The van der Waals surface area contributed by atoms with E-state index in [2.05, 4.69) is 11.1 Å². The highest BCUT2D eigenvalue weighted by molar-refractivity contribution is 7.98. The van der Waals surface area contributed by atoms with E-state index in [1.807, 2.05) is 48.9 Å². The number of Topliss-reactive ketones (excluding diaryl/α,β-unsaturated/α-hetero) is 1. The van der Waals surface area contributed by atoms with E-state index in [9.17, 15) is 14.0 Å². The quantitative estimate of drug-likeness (QED) is 0.350. The Labute approximate surface area is 177 Å². The van der Waals surface area contributed by atoms with Crippen molar-refractivity contribution in [3.63, 3.8) is 0 Å². The summed E-state index contributed by atoms with van der Waals surface area (Å²) in [5.74, 6) is -0.637. The minimum atomic E-state index is -0.457. The number of ketones is 1. The van der Waals surface area contributed by atoms with Gasteiger partial charge in [-0.25, -0.2) is 9.37 Å². The number of hydrogen-bond donors (Lipinski definition) is 0. The monoisotopic (exact) mass is 421 g/mol. The molecule has 0 spiro atoms. The van der Waals surface area contributed by atoms with Crippen LogP contribution in [0, 0.1) is 19.7 Å². The second-order valence-corrected chi connectivity index (χ2v) is 7.96. The van der Waals surface area contributed by atoms with Crippen molar-refractivity contribution in [1.29, 1.82) is 0 Å². The van der Waals surface area contributed by atoms with Crippen LogP contribution in [0.2, 0.25) is 0 Å². The molecule has 0 aliphatic heterocycles. The molecule has 0 radical (unpaired) electrons. The molecule has 0 aliphatic rings. The Balaban J connectivity index is 1.70. The number of rotatable bonds is 5. The summed E-state index contributed by atoms with van der Waals surface area (Å²) in [6.45, 7) is 3.72. The number of thioether (sulfide) groups is 1. The van der Waals surface area contributed by atoms with Gasteiger partial charge in [0.25, 0.3) is 5.56 Å². The smallest absolute Gasteiger partial charge is 0.261 e. The van der Waals surface area contributed by atoms with Crippen LogP contribution in [0.4, 0.5) is 4.39 Å². The third kappa shape index (κ3) is 3.57. The summed E-state index contributed by atoms with van der Waals surface area (Å²) < 4.78 is 16.7. The van der Waals surface area contributed by atoms with Crippen molar-refractivity contribution in [3.8, 4) is 5.69 Å². The molecule has 30 heavy (non-hydrogen) atoms. The molecule has 4 rings (SSSR count). The van der Waals surface area contributed by atoms with Crippen LogP contribution in [-0.2, 0) is 6.54 Å². The molecule has 7 heteroatoms. The van der Waals surface area contributed by atoms with Crippen LogP contribution in [-0.4, -0.2) is 26.2 Å². The average molecular weight is 421 g/mol. The summed E-state index contributed by atoms with van der Waals surface area (Å²) in [5.41, 5.74) is 3.22. The summed E-state index contributed by atoms with van der Waals surface area (Å²) in [5, 5.41) is 0.283. The van der Waals surface area contributed by atoms with Gasteiger partial charge in [0.05, 0.1) is 23.8 Å². The maximum Gasteiger partial charge on any atom is 0.261 e. The first-order valence-electron chi connectivity index (χ1n) is 9.40. The van der Waals surface area contributed by atoms with Gasteiger partial charge in [-0.3, -0.25) is 14.2 Å². The zero-order valence-corrected chi connectivity index (χ0v) is 17.7. The standard InChI is InChI=1S/C23H20FN3O2S/c1-14-9-20(15(2)27(14)17-5-4-6-18(11-17)30-3)22(28)12-26-13-25-21-10-16(24)7-8-19(21)23(26)29/h4-11,13H,12H2,1-3H3. The fourth-order valence-corrected chi connectivity index (χ4v) is 4.13. The number of aromatic nitrogens is 3. The Hall–Kier alpha value is -3.19. The summed E-state index contributed by atoms with van der Waals surface area (Å²) in [7, 11) is 0. The molecule has 0 fully saturated rings. The van der Waals surface area contributed by atoms with E-state index in [0.29, 0.717) is 5.56 Å². The second-order valence-electron chi connectivity index (χ2n) is 7.08. The largest absolute Gasteiger partial charge is 0.318 e. The van der Waals surface area contributed by atoms with Gasteiger partial charge >= 0.3 is 0 Å². The van der Waals surface area contributed by atoms with Crippen LogP contribution >= 0.6 is 11.8 Å². The highest BCUT2D eigenvalue weighted by Gasteiger charge is 2.18. The van der Waals surface area contributed by atoms with Gasteiger partial charge < -0.3 is 4.57 Å². The zero-order chi connectivity index (χ0) is 21.4. The normalized spacial score (nSPS) is 11.2. The van der Waals surface area contributed by atoms with Crippen LogP contribution in [0.3, 0.4) is 0 Å². The van der Waals surface area contributed by atoms with E-state index in [4.69, 9.17) is 0 Å². The Morgan fingerprint density at radius 2 is 1.93 bits per heavy atom. The molecule has 0 N–H and O–H groups in total. The lowest BCUT2D eigenvalue weighted by Gasteiger charge is -2.11. The van der Waals surface area contributed by atoms with Gasteiger partial charge in [-0.2, -0.15) is 0 Å². The molecule has 2 aromatic carbocycles. The summed E-state index contributed by atoms with van der Waals surface area (Å²) in [6, 6.07) is 13.8. The van der Waals surface area contributed by atoms with E-state index >= 15 is 0 Å². The Morgan fingerprint density at radius 1 is 1.13 bits per heavy atom. The van der Waals surface area contributed by atoms with Crippen molar-refractivity contribution in [2.45, 2.75) is 25.3 Å². The number of fused-ring (bicyclic) bond motifs is 1. The summed E-state index contributed by atoms with van der Waals surface area (Å²) in [6.07, 6.45) is 3.32. The van der Waals surface area contributed by atoms with E-state index in [1.54, 1.807) is 11.8 Å². The minimum Gasteiger partial charge on any atom is -0.318 e. The topological polar surface area (TPSA) is 56.9 Å². The first-order valence-corrected chi connectivity index (χ1v) is 10.6. The Bertz CT molecular complexity index is 1340. The van der Waals surface area contributed by atoms with Crippen LogP contribution < -0.4 is 5.56 Å². The predicted molar refractivity (Wildman–Crippen MR) is 117 cm³/mol. The molecule has 0 atom stereocenters. The van der Waals surface area contributed by atoms with Crippen molar-refractivity contribution < 1.29 is 9.18 Å². The molecule has 2 heterocycles. The van der Waals surface area contributed by atoms with Gasteiger partial charge in [-0.1, -0.05) is 6.07 Å². The maximum absolute atomic E-state index is 13.4. The number of nitrogens with zero attached hydrogens (tertiary/aromatic N) is 3. The Kier molecular flexibility index (Phi) is 5.30. The number of carbonyl (C=O) groups excluding carboxylic acids is 1. The van der Waals surface area contributed by atoms with Crippen molar-refractivity contribution >= 4 is 28.4 Å². The van der Waals surface area contributed by atoms with E-state index in [-0.39, 0.29) is 28.8 Å². The highest BCUT2D eigenvalue weighted by atomic mass is 32.2. The first-order chi connectivity index (χ1) is 14.4. The van der Waals surface area contributed by atoms with E-state index < -0.39 is 5.82 Å². The lowest BCUT2D eigenvalue weighted by molar-refractivity contribution is 0.0970. The van der Waals surface area contributed by atoms with E-state index in [0.717, 1.165) is 22.0 Å². The average Bonchev–Trinajstić information content (AvgIpc) is 3.04. The molecular weight excluding hydrogens is 401 g/mol. The molecule has 0 bridgehead atoms. The number of benzene rings is 2. The first kappa shape index (κ1) is 20.1. The fourth-order valence-electron chi connectivity index (χ4n) is 3.68. The molecular formula is C23H20FN3O2S. The van der Waals surface area contributed by atoms with Gasteiger partial charge in [0.15, 0.2) is 5.78 Å². The molecule has 152 valence electrons. The molecule has 0 saturated carbocycles. The predicted octanol–water partition coefficient (Wildman–Crippen LogP) is 4.55. The molecule has 0 aliphatic carbocycles. The van der Waals surface area contributed by atoms with Gasteiger partial charge in [0.2, 0.25) is 0 Å². The Morgan fingerprint density at radius 3 is 2.70 bits per heavy atom. The highest BCUT2D eigenvalue weighted by Crippen LogP contribution is 2.25. The number of hydrogen-bond acceptors (Lipinski definition) is 4. The van der Waals surface area contributed by atoms with Gasteiger partial charge in [0, 0.05) is 33.6 Å². The van der Waals surface area contributed by atoms with Crippen LogP contribution in [0.5, 0.6) is 0 Å². The lowest BCUT2D eigenvalue weighted by atomic mass is 10.1. The van der Waals surface area contributed by atoms with Gasteiger partial charge in [-0.15, -0.1) is 11.8 Å². The fraction of sp³-hybridized carbons (Fsp3) is 0.174. The lowest BCUT2D eigenvalue weighted by Crippen LogP contribution is -2.25. The molecule has 5 nitrogen and oxygen atoms in total. The molecule has 0 amide bonds. The maximum atomic E-state index is 13.4. The van der Waals surface area contributed by atoms with Crippen molar-refractivity contribution in [2.75, 3.05) is 6.26 Å². The third-order valence-electron chi connectivity index (χ3n) is 5.14. The van der Waals surface area contributed by atoms with Crippen molar-refractivity contribution in [3.05, 3.63) is 88.0 Å². The van der Waals surface area contributed by atoms with Gasteiger partial charge in [-0.05, 0) is 56.5 Å². The number of halogens is 1. The minimum absolute atomic E-state index is 0.131. The van der Waals surface area contributed by atoms with E-state index in [1.165, 1.54) is 29.1 Å². The number of carbonyl (C=O) groups is 1. The summed E-state index contributed by atoms with van der Waals surface area (Å²) in [4.78, 5) is 31.0. The van der Waals surface area contributed by atoms with Crippen molar-refractivity contribution in [2.24, 2.45) is 0 Å². The van der Waals surface area contributed by atoms with Crippen LogP contribution in [0.1, 0.15) is 21.7 Å². The number of aryl methyl sites for hydroxylation is 1. The SMILES string of the molecule is CSc1cccc(-n2c(C)cc(C(=O)Cn3cnc4cc(F)ccc4c3=O)c2C)c1. The molecule has 4 aromatic rings. The molecule has 2 aromatic heterocycles. The van der Waals surface area contributed by atoms with Crippen LogP contribution in [0.15, 0.2) is 64.5 Å². The zero-order valence-electron chi connectivity index (χ0n) is 16.8. The molecule has 0 unspecified atom stereocenters. The van der Waals surface area contributed by atoms with Gasteiger partial charge in [0.1, 0.15) is 5.82 Å². The molecule has 0 saturated heterocycles. The third-order valence-corrected chi connectivity index (χ3v) is 5.87. The second kappa shape index (κ2) is 7.91.